The van der Waals surface area contributed by atoms with E-state index in [4.69, 9.17) is 0 Å². The first-order valence-electron chi connectivity index (χ1n) is 11.6. The summed E-state index contributed by atoms with van der Waals surface area (Å²) in [6.45, 7) is 0. The number of nitrogens with one attached hydrogen (secondary N) is 4. The lowest BCUT2D eigenvalue weighted by Gasteiger charge is -2.10. The van der Waals surface area contributed by atoms with Gasteiger partial charge in [0.1, 0.15) is 6.42 Å². The fourth-order valence-electron chi connectivity index (χ4n) is 3.43. The monoisotopic (exact) mass is 564 g/mol. The van der Waals surface area contributed by atoms with Gasteiger partial charge in [0.2, 0.25) is 11.8 Å². The molecule has 0 spiro atoms. The van der Waals surface area contributed by atoms with Gasteiger partial charge in [0.05, 0.1) is 9.79 Å². The average Bonchev–Trinajstić information content (AvgIpc) is 2.90. The molecule has 4 rings (SSSR count). The summed E-state index contributed by atoms with van der Waals surface area (Å²) in [6, 6.07) is 27.8. The van der Waals surface area contributed by atoms with Crippen LogP contribution in [0.15, 0.2) is 119 Å². The molecule has 10 nitrogen and oxygen atoms in total. The van der Waals surface area contributed by atoms with Crippen LogP contribution in [0.25, 0.3) is 0 Å². The lowest BCUT2D eigenvalue weighted by atomic mass is 10.3. The SMILES string of the molecule is O=C(CC(=O)Nc1ccc(S(=O)(=O)Nc2ccccc2)cc1)Nc1ccc(S(=O)(=O)Nc2ccccc2)cc1. The maximum absolute atomic E-state index is 12.5. The molecule has 39 heavy (non-hydrogen) atoms. The number of benzene rings is 4. The standard InChI is InChI=1S/C27H24N4O6S2/c32-26(28-20-11-15-24(16-12-20)38(34,35)30-22-7-3-1-4-8-22)19-27(33)29-21-13-17-25(18-14-21)39(36,37)31-23-9-5-2-6-10-23/h1-18,30-31H,19H2,(H,28,32)(H,29,33). The van der Waals surface area contributed by atoms with Crippen LogP contribution in [0.2, 0.25) is 0 Å². The first kappa shape index (κ1) is 27.4. The van der Waals surface area contributed by atoms with Gasteiger partial charge >= 0.3 is 0 Å². The summed E-state index contributed by atoms with van der Waals surface area (Å²) < 4.78 is 55.0. The Morgan fingerprint density at radius 3 is 1.13 bits per heavy atom. The molecule has 0 unspecified atom stereocenters. The van der Waals surface area contributed by atoms with Crippen molar-refractivity contribution in [1.82, 2.24) is 0 Å². The van der Waals surface area contributed by atoms with Crippen LogP contribution in [0, 0.1) is 0 Å². The summed E-state index contributed by atoms with van der Waals surface area (Å²) in [5, 5.41) is 5.07. The van der Waals surface area contributed by atoms with Gasteiger partial charge in [0.15, 0.2) is 0 Å². The van der Waals surface area contributed by atoms with Crippen LogP contribution in [0.4, 0.5) is 22.7 Å². The Balaban J connectivity index is 1.29. The van der Waals surface area contributed by atoms with E-state index in [1.165, 1.54) is 48.5 Å². The minimum absolute atomic E-state index is 0.00604. The number of sulfonamides is 2. The zero-order valence-corrected chi connectivity index (χ0v) is 22.0. The van der Waals surface area contributed by atoms with Crippen LogP contribution >= 0.6 is 0 Å². The van der Waals surface area contributed by atoms with Crippen LogP contribution < -0.4 is 20.1 Å². The first-order chi connectivity index (χ1) is 18.6. The van der Waals surface area contributed by atoms with Gasteiger partial charge in [-0.25, -0.2) is 16.8 Å². The van der Waals surface area contributed by atoms with Crippen LogP contribution in [-0.2, 0) is 29.6 Å². The predicted molar refractivity (Wildman–Crippen MR) is 149 cm³/mol. The number of carbonyl (C=O) groups excluding carboxylic acids is 2. The molecule has 0 aliphatic carbocycles. The molecule has 4 N–H and O–H groups in total. The van der Waals surface area contributed by atoms with Crippen LogP contribution in [0.5, 0.6) is 0 Å². The highest BCUT2D eigenvalue weighted by molar-refractivity contribution is 7.93. The fourth-order valence-corrected chi connectivity index (χ4v) is 5.55. The average molecular weight is 565 g/mol. The molecule has 2 amide bonds. The van der Waals surface area contributed by atoms with E-state index in [9.17, 15) is 26.4 Å². The van der Waals surface area contributed by atoms with Crippen LogP contribution in [0.3, 0.4) is 0 Å². The van der Waals surface area contributed by atoms with E-state index in [0.717, 1.165) is 0 Å². The lowest BCUT2D eigenvalue weighted by Crippen LogP contribution is -2.21. The molecule has 0 atom stereocenters. The molecular weight excluding hydrogens is 540 g/mol. The van der Waals surface area contributed by atoms with Gasteiger partial charge in [0.25, 0.3) is 20.0 Å². The van der Waals surface area contributed by atoms with E-state index in [2.05, 4.69) is 20.1 Å². The topological polar surface area (TPSA) is 151 Å². The number of rotatable bonds is 10. The Bertz CT molecular complexity index is 1530. The van der Waals surface area contributed by atoms with Crippen LogP contribution in [0.1, 0.15) is 6.42 Å². The summed E-state index contributed by atoms with van der Waals surface area (Å²) in [5.41, 5.74) is 1.46. The van der Waals surface area contributed by atoms with E-state index >= 15 is 0 Å². The van der Waals surface area contributed by atoms with E-state index in [0.29, 0.717) is 22.7 Å². The quantitative estimate of drug-likeness (QED) is 0.211. The number of amides is 2. The minimum atomic E-state index is -3.81. The number of hydrogen-bond donors (Lipinski definition) is 4. The third-order valence-electron chi connectivity index (χ3n) is 5.27. The van der Waals surface area contributed by atoms with Crippen molar-refractivity contribution >= 4 is 54.6 Å². The van der Waals surface area contributed by atoms with Gasteiger partial charge in [-0.3, -0.25) is 19.0 Å². The predicted octanol–water partition coefficient (Wildman–Crippen LogP) is 4.26. The molecule has 0 fully saturated rings. The highest BCUT2D eigenvalue weighted by atomic mass is 32.2. The Morgan fingerprint density at radius 1 is 0.462 bits per heavy atom. The summed E-state index contributed by atoms with van der Waals surface area (Å²) in [5.74, 6) is -1.23. The van der Waals surface area contributed by atoms with Gasteiger partial charge in [-0.05, 0) is 72.8 Å². The molecule has 12 heteroatoms. The second-order valence-corrected chi connectivity index (χ2v) is 11.6. The molecule has 0 saturated carbocycles. The maximum atomic E-state index is 12.5. The van der Waals surface area contributed by atoms with Crippen molar-refractivity contribution in [3.05, 3.63) is 109 Å². The third-order valence-corrected chi connectivity index (χ3v) is 8.06. The van der Waals surface area contributed by atoms with Crippen molar-refractivity contribution in [2.75, 3.05) is 20.1 Å². The Hall–Kier alpha value is -4.68. The van der Waals surface area contributed by atoms with Gasteiger partial charge in [-0.15, -0.1) is 0 Å². The smallest absolute Gasteiger partial charge is 0.261 e. The molecule has 0 bridgehead atoms. The van der Waals surface area contributed by atoms with Crippen molar-refractivity contribution in [3.8, 4) is 0 Å². The minimum Gasteiger partial charge on any atom is -0.326 e. The second-order valence-electron chi connectivity index (χ2n) is 8.26. The molecule has 0 aliphatic heterocycles. The Kier molecular flexibility index (Phi) is 8.27. The number of anilines is 4. The van der Waals surface area contributed by atoms with E-state index in [1.807, 2.05) is 0 Å². The van der Waals surface area contributed by atoms with Crippen molar-refractivity contribution in [2.45, 2.75) is 16.2 Å². The van der Waals surface area contributed by atoms with Crippen LogP contribution in [-0.4, -0.2) is 28.6 Å². The highest BCUT2D eigenvalue weighted by Gasteiger charge is 2.16. The first-order valence-corrected chi connectivity index (χ1v) is 14.5. The highest BCUT2D eigenvalue weighted by Crippen LogP contribution is 2.20. The summed E-state index contributed by atoms with van der Waals surface area (Å²) in [4.78, 5) is 24.6. The molecule has 0 radical (unpaired) electrons. The molecule has 4 aromatic rings. The molecule has 4 aromatic carbocycles. The second kappa shape index (κ2) is 11.8. The zero-order chi connectivity index (χ0) is 27.9. The van der Waals surface area contributed by atoms with Crippen molar-refractivity contribution in [3.63, 3.8) is 0 Å². The summed E-state index contributed by atoms with van der Waals surface area (Å²) in [7, 11) is -7.62. The lowest BCUT2D eigenvalue weighted by molar-refractivity contribution is -0.123. The molecular formula is C27H24N4O6S2. The summed E-state index contributed by atoms with van der Waals surface area (Å²) >= 11 is 0. The van der Waals surface area contributed by atoms with E-state index in [-0.39, 0.29) is 9.79 Å². The van der Waals surface area contributed by atoms with Crippen molar-refractivity contribution in [1.29, 1.82) is 0 Å². The number of hydrogen-bond acceptors (Lipinski definition) is 6. The Morgan fingerprint density at radius 2 is 0.795 bits per heavy atom. The van der Waals surface area contributed by atoms with E-state index in [1.54, 1.807) is 60.7 Å². The molecule has 200 valence electrons. The summed E-state index contributed by atoms with van der Waals surface area (Å²) in [6.07, 6.45) is -0.509. The number of para-hydroxylation sites is 2. The fraction of sp³-hybridized carbons (Fsp3) is 0.0370. The normalized spacial score (nSPS) is 11.3. The third kappa shape index (κ3) is 7.66. The molecule has 0 aliphatic rings. The maximum Gasteiger partial charge on any atom is 0.261 e. The van der Waals surface area contributed by atoms with Crippen molar-refractivity contribution in [2.24, 2.45) is 0 Å². The zero-order valence-electron chi connectivity index (χ0n) is 20.4. The number of carbonyl (C=O) groups is 2. The van der Waals surface area contributed by atoms with Gasteiger partial charge in [-0.2, -0.15) is 0 Å². The molecule has 0 aromatic heterocycles. The van der Waals surface area contributed by atoms with Gasteiger partial charge in [0, 0.05) is 22.7 Å². The van der Waals surface area contributed by atoms with Gasteiger partial charge in [-0.1, -0.05) is 36.4 Å². The largest absolute Gasteiger partial charge is 0.326 e. The van der Waals surface area contributed by atoms with Crippen molar-refractivity contribution < 1.29 is 26.4 Å². The van der Waals surface area contributed by atoms with Gasteiger partial charge < -0.3 is 10.6 Å². The Labute approximate surface area is 226 Å². The van der Waals surface area contributed by atoms with E-state index < -0.39 is 38.3 Å². The molecule has 0 saturated heterocycles. The molecule has 0 heterocycles.